The Hall–Kier alpha value is -1.22. The minimum absolute atomic E-state index is 0.668. The van der Waals surface area contributed by atoms with E-state index in [4.69, 9.17) is 9.47 Å². The molecule has 0 aromatic heterocycles. The molecule has 1 fully saturated rings. The zero-order valence-corrected chi connectivity index (χ0v) is 13.0. The fourth-order valence-electron chi connectivity index (χ4n) is 3.10. The van der Waals surface area contributed by atoms with Crippen LogP contribution in [0.5, 0.6) is 11.5 Å². The smallest absolute Gasteiger partial charge is 0.161 e. The van der Waals surface area contributed by atoms with E-state index in [0.29, 0.717) is 6.61 Å². The van der Waals surface area contributed by atoms with Crippen LogP contribution in [0.15, 0.2) is 24.3 Å². The summed E-state index contributed by atoms with van der Waals surface area (Å²) in [4.78, 5) is 2.52. The molecule has 0 amide bonds. The summed E-state index contributed by atoms with van der Waals surface area (Å²) >= 11 is 0. The fraction of sp³-hybridized carbons (Fsp3) is 0.647. The molecule has 0 saturated carbocycles. The van der Waals surface area contributed by atoms with Gasteiger partial charge in [-0.3, -0.25) is 4.90 Å². The molecule has 0 unspecified atom stereocenters. The average molecular weight is 277 g/mol. The van der Waals surface area contributed by atoms with E-state index in [9.17, 15) is 0 Å². The molecule has 1 aliphatic rings. The zero-order chi connectivity index (χ0) is 14.4. The quantitative estimate of drug-likeness (QED) is 0.795. The van der Waals surface area contributed by atoms with Gasteiger partial charge in [0.1, 0.15) is 6.61 Å². The lowest BCUT2D eigenvalue weighted by Crippen LogP contribution is -2.40. The normalized spacial score (nSPS) is 23.6. The van der Waals surface area contributed by atoms with Crippen molar-refractivity contribution >= 4 is 0 Å². The van der Waals surface area contributed by atoms with E-state index in [0.717, 1.165) is 36.5 Å². The third-order valence-corrected chi connectivity index (χ3v) is 3.76. The van der Waals surface area contributed by atoms with Crippen LogP contribution in [0.1, 0.15) is 27.2 Å². The molecule has 2 atom stereocenters. The van der Waals surface area contributed by atoms with Gasteiger partial charge in [0.25, 0.3) is 0 Å². The first-order chi connectivity index (χ1) is 9.69. The van der Waals surface area contributed by atoms with Gasteiger partial charge in [-0.15, -0.1) is 0 Å². The van der Waals surface area contributed by atoms with E-state index in [1.165, 1.54) is 19.5 Å². The third kappa shape index (κ3) is 4.41. The van der Waals surface area contributed by atoms with Gasteiger partial charge in [0.15, 0.2) is 11.5 Å². The number of benzene rings is 1. The van der Waals surface area contributed by atoms with Crippen molar-refractivity contribution in [1.29, 1.82) is 0 Å². The number of nitrogens with zero attached hydrogens (tertiary/aromatic N) is 1. The van der Waals surface area contributed by atoms with Crippen LogP contribution in [0.2, 0.25) is 0 Å². The van der Waals surface area contributed by atoms with E-state index in [-0.39, 0.29) is 0 Å². The van der Waals surface area contributed by atoms with E-state index >= 15 is 0 Å². The molecule has 3 heteroatoms. The first-order valence-corrected chi connectivity index (χ1v) is 7.76. The van der Waals surface area contributed by atoms with Crippen LogP contribution in [0.4, 0.5) is 0 Å². The predicted octanol–water partition coefficient (Wildman–Crippen LogP) is 3.44. The van der Waals surface area contributed by atoms with Crippen molar-refractivity contribution in [1.82, 2.24) is 4.90 Å². The van der Waals surface area contributed by atoms with E-state index in [1.807, 2.05) is 31.2 Å². The molecule has 0 N–H and O–H groups in total. The Morgan fingerprint density at radius 2 is 1.65 bits per heavy atom. The number of hydrogen-bond acceptors (Lipinski definition) is 3. The summed E-state index contributed by atoms with van der Waals surface area (Å²) in [6.45, 7) is 11.5. The number of para-hydroxylation sites is 2. The molecular weight excluding hydrogens is 250 g/mol. The van der Waals surface area contributed by atoms with Gasteiger partial charge in [0, 0.05) is 19.6 Å². The Morgan fingerprint density at radius 1 is 1.05 bits per heavy atom. The van der Waals surface area contributed by atoms with Crippen molar-refractivity contribution in [2.45, 2.75) is 27.2 Å². The SMILES string of the molecule is CCOc1ccccc1OCCN1C[C@@H](C)C[C@H](C)C1. The molecule has 3 nitrogen and oxygen atoms in total. The molecule has 0 bridgehead atoms. The third-order valence-electron chi connectivity index (χ3n) is 3.76. The number of piperidine rings is 1. The van der Waals surface area contributed by atoms with Crippen LogP contribution in [-0.4, -0.2) is 37.7 Å². The Balaban J connectivity index is 1.81. The van der Waals surface area contributed by atoms with Gasteiger partial charge in [-0.05, 0) is 37.3 Å². The summed E-state index contributed by atoms with van der Waals surface area (Å²) < 4.78 is 11.5. The molecule has 1 saturated heterocycles. The monoisotopic (exact) mass is 277 g/mol. The molecule has 1 aliphatic heterocycles. The van der Waals surface area contributed by atoms with Crippen LogP contribution in [-0.2, 0) is 0 Å². The van der Waals surface area contributed by atoms with Crippen LogP contribution in [0.25, 0.3) is 0 Å². The molecule has 0 radical (unpaired) electrons. The molecule has 1 aromatic carbocycles. The Morgan fingerprint density at radius 3 is 2.25 bits per heavy atom. The minimum atomic E-state index is 0.668. The molecule has 1 heterocycles. The number of ether oxygens (including phenoxy) is 2. The second-order valence-corrected chi connectivity index (χ2v) is 5.93. The highest BCUT2D eigenvalue weighted by Gasteiger charge is 2.21. The maximum Gasteiger partial charge on any atom is 0.161 e. The van der Waals surface area contributed by atoms with Crippen molar-refractivity contribution in [3.05, 3.63) is 24.3 Å². The minimum Gasteiger partial charge on any atom is -0.490 e. The highest BCUT2D eigenvalue weighted by molar-refractivity contribution is 5.39. The summed E-state index contributed by atoms with van der Waals surface area (Å²) in [5.74, 6) is 3.30. The lowest BCUT2D eigenvalue weighted by Gasteiger charge is -2.34. The molecule has 0 aliphatic carbocycles. The first-order valence-electron chi connectivity index (χ1n) is 7.76. The fourth-order valence-corrected chi connectivity index (χ4v) is 3.10. The summed E-state index contributed by atoms with van der Waals surface area (Å²) in [5.41, 5.74) is 0. The second kappa shape index (κ2) is 7.53. The average Bonchev–Trinajstić information content (AvgIpc) is 2.40. The summed E-state index contributed by atoms with van der Waals surface area (Å²) in [6, 6.07) is 7.91. The maximum atomic E-state index is 5.90. The van der Waals surface area contributed by atoms with Gasteiger partial charge < -0.3 is 9.47 Å². The summed E-state index contributed by atoms with van der Waals surface area (Å²) in [6.07, 6.45) is 1.35. The van der Waals surface area contributed by atoms with Gasteiger partial charge in [0.2, 0.25) is 0 Å². The van der Waals surface area contributed by atoms with Crippen molar-refractivity contribution in [2.75, 3.05) is 32.8 Å². The van der Waals surface area contributed by atoms with Crippen molar-refractivity contribution < 1.29 is 9.47 Å². The Labute approximate surface area is 122 Å². The highest BCUT2D eigenvalue weighted by atomic mass is 16.5. The van der Waals surface area contributed by atoms with E-state index < -0.39 is 0 Å². The van der Waals surface area contributed by atoms with Crippen molar-refractivity contribution in [2.24, 2.45) is 11.8 Å². The van der Waals surface area contributed by atoms with E-state index in [1.54, 1.807) is 0 Å². The Kier molecular flexibility index (Phi) is 5.72. The van der Waals surface area contributed by atoms with Gasteiger partial charge in [-0.2, -0.15) is 0 Å². The second-order valence-electron chi connectivity index (χ2n) is 5.93. The van der Waals surface area contributed by atoms with Crippen LogP contribution >= 0.6 is 0 Å². The first kappa shape index (κ1) is 15.2. The molecule has 1 aromatic rings. The Bertz CT molecular complexity index is 398. The largest absolute Gasteiger partial charge is 0.490 e. The van der Waals surface area contributed by atoms with E-state index in [2.05, 4.69) is 18.7 Å². The number of hydrogen-bond donors (Lipinski definition) is 0. The van der Waals surface area contributed by atoms with Gasteiger partial charge in [-0.1, -0.05) is 26.0 Å². The van der Waals surface area contributed by atoms with Crippen LogP contribution < -0.4 is 9.47 Å². The van der Waals surface area contributed by atoms with Crippen molar-refractivity contribution in [3.8, 4) is 11.5 Å². The maximum absolute atomic E-state index is 5.90. The highest BCUT2D eigenvalue weighted by Crippen LogP contribution is 2.26. The lowest BCUT2D eigenvalue weighted by molar-refractivity contribution is 0.119. The summed E-state index contributed by atoms with van der Waals surface area (Å²) in [5, 5.41) is 0. The summed E-state index contributed by atoms with van der Waals surface area (Å²) in [7, 11) is 0. The molecular formula is C17H27NO2. The molecule has 2 rings (SSSR count). The van der Waals surface area contributed by atoms with Crippen LogP contribution in [0.3, 0.4) is 0 Å². The van der Waals surface area contributed by atoms with Gasteiger partial charge in [-0.25, -0.2) is 0 Å². The topological polar surface area (TPSA) is 21.7 Å². The van der Waals surface area contributed by atoms with Gasteiger partial charge in [0.05, 0.1) is 6.61 Å². The molecule has 0 spiro atoms. The zero-order valence-electron chi connectivity index (χ0n) is 13.0. The van der Waals surface area contributed by atoms with Gasteiger partial charge >= 0.3 is 0 Å². The number of likely N-dealkylation sites (tertiary alicyclic amines) is 1. The molecule has 20 heavy (non-hydrogen) atoms. The lowest BCUT2D eigenvalue weighted by atomic mass is 9.92. The number of rotatable bonds is 6. The standard InChI is InChI=1S/C17H27NO2/c1-4-19-16-7-5-6-8-17(16)20-10-9-18-12-14(2)11-15(3)13-18/h5-8,14-15H,4,9-13H2,1-3H3/t14-,15-/m0/s1. The van der Waals surface area contributed by atoms with Crippen molar-refractivity contribution in [3.63, 3.8) is 0 Å². The predicted molar refractivity (Wildman–Crippen MR) is 82.5 cm³/mol. The molecule has 112 valence electrons. The van der Waals surface area contributed by atoms with Crippen LogP contribution in [0, 0.1) is 11.8 Å².